The molecule has 4 rings (SSSR count). The predicted molar refractivity (Wildman–Crippen MR) is 96.8 cm³/mol. The summed E-state index contributed by atoms with van der Waals surface area (Å²) >= 11 is 0. The molecule has 1 aromatic heterocycles. The number of nitrogens with zero attached hydrogens (tertiary/aromatic N) is 3. The standard InChI is InChI=1S/C20H25N3O3/c1-22-20-16(11-21-22)9-10-23(18(20)13-25-12-15-7-8-15)19(24)14-26-17-5-3-2-4-6-17/h2-6,11,15,18H,7-10,12-14H2,1H3. The Hall–Kier alpha value is -2.34. The van der Waals surface area contributed by atoms with Crippen LogP contribution >= 0.6 is 0 Å². The highest BCUT2D eigenvalue weighted by Gasteiger charge is 2.34. The number of carbonyl (C=O) groups excluding carboxylic acids is 1. The maximum atomic E-state index is 12.8. The van der Waals surface area contributed by atoms with Gasteiger partial charge in [-0.05, 0) is 42.9 Å². The SMILES string of the molecule is Cn1ncc2c1C(COCC1CC1)N(C(=O)COc1ccccc1)CC2. The molecule has 6 heteroatoms. The van der Waals surface area contributed by atoms with E-state index in [1.807, 2.05) is 53.2 Å². The molecular formula is C20H25N3O3. The first-order valence-corrected chi connectivity index (χ1v) is 9.28. The van der Waals surface area contributed by atoms with Crippen molar-refractivity contribution < 1.29 is 14.3 Å². The van der Waals surface area contributed by atoms with Crippen LogP contribution in [0.15, 0.2) is 36.5 Å². The summed E-state index contributed by atoms with van der Waals surface area (Å²) in [6.45, 7) is 2.01. The molecule has 2 aliphatic rings. The molecule has 2 aromatic rings. The van der Waals surface area contributed by atoms with Gasteiger partial charge in [-0.1, -0.05) is 18.2 Å². The van der Waals surface area contributed by atoms with Crippen LogP contribution in [0.4, 0.5) is 0 Å². The molecule has 1 unspecified atom stereocenters. The average Bonchev–Trinajstić information content (AvgIpc) is 3.42. The number of benzene rings is 1. The maximum Gasteiger partial charge on any atom is 0.261 e. The molecule has 0 radical (unpaired) electrons. The Kier molecular flexibility index (Phi) is 4.93. The van der Waals surface area contributed by atoms with Crippen LogP contribution in [0.1, 0.15) is 30.1 Å². The summed E-state index contributed by atoms with van der Waals surface area (Å²) in [5.74, 6) is 1.40. The largest absolute Gasteiger partial charge is 0.484 e. The van der Waals surface area contributed by atoms with Gasteiger partial charge in [0, 0.05) is 20.2 Å². The van der Waals surface area contributed by atoms with Crippen molar-refractivity contribution in [2.45, 2.75) is 25.3 Å². The van der Waals surface area contributed by atoms with Gasteiger partial charge >= 0.3 is 0 Å². The first kappa shape index (κ1) is 17.1. The third-order valence-electron chi connectivity index (χ3n) is 5.13. The molecule has 1 fully saturated rings. The van der Waals surface area contributed by atoms with Crippen molar-refractivity contribution in [3.63, 3.8) is 0 Å². The zero-order valence-electron chi connectivity index (χ0n) is 15.1. The molecule has 1 aromatic carbocycles. The Bertz CT molecular complexity index is 755. The van der Waals surface area contributed by atoms with Crippen molar-refractivity contribution in [3.8, 4) is 5.75 Å². The van der Waals surface area contributed by atoms with E-state index in [1.165, 1.54) is 18.4 Å². The number of hydrogen-bond acceptors (Lipinski definition) is 4. The topological polar surface area (TPSA) is 56.6 Å². The van der Waals surface area contributed by atoms with Crippen LogP contribution < -0.4 is 4.74 Å². The number of para-hydroxylation sites is 1. The quantitative estimate of drug-likeness (QED) is 0.765. The lowest BCUT2D eigenvalue weighted by Crippen LogP contribution is -2.44. The van der Waals surface area contributed by atoms with E-state index in [1.54, 1.807) is 0 Å². The molecule has 0 saturated heterocycles. The fraction of sp³-hybridized carbons (Fsp3) is 0.500. The van der Waals surface area contributed by atoms with E-state index in [2.05, 4.69) is 5.10 Å². The van der Waals surface area contributed by atoms with Crippen LogP contribution in [-0.2, 0) is 23.0 Å². The zero-order chi connectivity index (χ0) is 17.9. The Morgan fingerprint density at radius 3 is 2.81 bits per heavy atom. The number of rotatable bonds is 7. The van der Waals surface area contributed by atoms with Gasteiger partial charge in [0.05, 0.1) is 24.5 Å². The van der Waals surface area contributed by atoms with Crippen LogP contribution in [0.3, 0.4) is 0 Å². The molecule has 1 aliphatic heterocycles. The van der Waals surface area contributed by atoms with Gasteiger partial charge in [0.25, 0.3) is 5.91 Å². The molecule has 1 atom stereocenters. The van der Waals surface area contributed by atoms with E-state index in [9.17, 15) is 4.79 Å². The number of amides is 1. The molecule has 0 spiro atoms. The number of hydrogen-bond donors (Lipinski definition) is 0. The zero-order valence-corrected chi connectivity index (χ0v) is 15.1. The number of fused-ring (bicyclic) bond motifs is 1. The maximum absolute atomic E-state index is 12.8. The lowest BCUT2D eigenvalue weighted by Gasteiger charge is -2.36. The van der Waals surface area contributed by atoms with E-state index < -0.39 is 0 Å². The highest BCUT2D eigenvalue weighted by Crippen LogP contribution is 2.32. The Balaban J connectivity index is 1.45. The third-order valence-corrected chi connectivity index (χ3v) is 5.13. The second kappa shape index (κ2) is 7.50. The van der Waals surface area contributed by atoms with Crippen LogP contribution in [0.5, 0.6) is 5.75 Å². The van der Waals surface area contributed by atoms with Crippen LogP contribution in [0, 0.1) is 5.92 Å². The number of aromatic nitrogens is 2. The smallest absolute Gasteiger partial charge is 0.261 e. The van der Waals surface area contributed by atoms with Gasteiger partial charge in [-0.2, -0.15) is 5.10 Å². The molecule has 0 bridgehead atoms. The van der Waals surface area contributed by atoms with Crippen LogP contribution in [-0.4, -0.2) is 47.0 Å². The van der Waals surface area contributed by atoms with E-state index in [4.69, 9.17) is 9.47 Å². The molecule has 1 amide bonds. The monoisotopic (exact) mass is 355 g/mol. The first-order valence-electron chi connectivity index (χ1n) is 9.28. The normalized spacial score (nSPS) is 19.3. The fourth-order valence-electron chi connectivity index (χ4n) is 3.50. The van der Waals surface area contributed by atoms with Crippen molar-refractivity contribution >= 4 is 5.91 Å². The summed E-state index contributed by atoms with van der Waals surface area (Å²) in [6.07, 6.45) is 5.25. The minimum Gasteiger partial charge on any atom is -0.484 e. The lowest BCUT2D eigenvalue weighted by atomic mass is 10.00. The molecule has 0 N–H and O–H groups in total. The number of carbonyl (C=O) groups is 1. The molecular weight excluding hydrogens is 330 g/mol. The van der Waals surface area contributed by atoms with Gasteiger partial charge in [-0.3, -0.25) is 9.48 Å². The van der Waals surface area contributed by atoms with E-state index in [-0.39, 0.29) is 18.6 Å². The van der Waals surface area contributed by atoms with Crippen LogP contribution in [0.2, 0.25) is 0 Å². The van der Waals surface area contributed by atoms with E-state index in [0.717, 1.165) is 18.7 Å². The summed E-state index contributed by atoms with van der Waals surface area (Å²) in [4.78, 5) is 14.7. The first-order chi connectivity index (χ1) is 12.7. The third kappa shape index (κ3) is 3.75. The van der Waals surface area contributed by atoms with Crippen molar-refractivity contribution in [3.05, 3.63) is 47.8 Å². The molecule has 1 saturated carbocycles. The van der Waals surface area contributed by atoms with Gasteiger partial charge in [-0.25, -0.2) is 0 Å². The molecule has 6 nitrogen and oxygen atoms in total. The molecule has 26 heavy (non-hydrogen) atoms. The summed E-state index contributed by atoms with van der Waals surface area (Å²) in [5, 5.41) is 4.38. The van der Waals surface area contributed by atoms with E-state index >= 15 is 0 Å². The fourth-order valence-corrected chi connectivity index (χ4v) is 3.50. The average molecular weight is 355 g/mol. The summed E-state index contributed by atoms with van der Waals surface area (Å²) in [7, 11) is 1.93. The summed E-state index contributed by atoms with van der Waals surface area (Å²) in [6, 6.07) is 9.35. The van der Waals surface area contributed by atoms with Crippen LogP contribution in [0.25, 0.3) is 0 Å². The Morgan fingerprint density at radius 2 is 2.04 bits per heavy atom. The molecule has 1 aliphatic carbocycles. The Labute approximate surface area is 153 Å². The van der Waals surface area contributed by atoms with Gasteiger partial charge in [-0.15, -0.1) is 0 Å². The predicted octanol–water partition coefficient (Wildman–Crippen LogP) is 2.35. The minimum absolute atomic E-state index is 0.0132. The second-order valence-electron chi connectivity index (χ2n) is 7.11. The molecule has 2 heterocycles. The second-order valence-corrected chi connectivity index (χ2v) is 7.11. The number of ether oxygens (including phenoxy) is 2. The van der Waals surface area contributed by atoms with Crippen molar-refractivity contribution in [2.24, 2.45) is 13.0 Å². The lowest BCUT2D eigenvalue weighted by molar-refractivity contribution is -0.138. The van der Waals surface area contributed by atoms with Gasteiger partial charge in [0.2, 0.25) is 0 Å². The molecule has 138 valence electrons. The van der Waals surface area contributed by atoms with Gasteiger partial charge < -0.3 is 14.4 Å². The van der Waals surface area contributed by atoms with Gasteiger partial charge in [0.1, 0.15) is 5.75 Å². The van der Waals surface area contributed by atoms with Gasteiger partial charge in [0.15, 0.2) is 6.61 Å². The number of aryl methyl sites for hydroxylation is 1. The van der Waals surface area contributed by atoms with E-state index in [0.29, 0.717) is 24.8 Å². The highest BCUT2D eigenvalue weighted by molar-refractivity contribution is 5.78. The minimum atomic E-state index is -0.100. The summed E-state index contributed by atoms with van der Waals surface area (Å²) in [5.41, 5.74) is 2.29. The van der Waals surface area contributed by atoms with Crippen molar-refractivity contribution in [1.29, 1.82) is 0 Å². The summed E-state index contributed by atoms with van der Waals surface area (Å²) < 4.78 is 13.5. The Morgan fingerprint density at radius 1 is 1.23 bits per heavy atom. The highest BCUT2D eigenvalue weighted by atomic mass is 16.5. The van der Waals surface area contributed by atoms with Crippen molar-refractivity contribution in [1.82, 2.24) is 14.7 Å². The van der Waals surface area contributed by atoms with Crippen molar-refractivity contribution in [2.75, 3.05) is 26.4 Å².